The van der Waals surface area contributed by atoms with Gasteiger partial charge in [0.15, 0.2) is 0 Å². The number of rotatable bonds is 5. The summed E-state index contributed by atoms with van der Waals surface area (Å²) in [6.45, 7) is 6.26. The molecule has 2 rings (SSSR count). The molecule has 1 aromatic heterocycles. The van der Waals surface area contributed by atoms with Gasteiger partial charge in [-0.2, -0.15) is 5.10 Å². The minimum atomic E-state index is -0.484. The van der Waals surface area contributed by atoms with Gasteiger partial charge >= 0.3 is 5.97 Å². The number of halogens is 1. The van der Waals surface area contributed by atoms with Crippen molar-refractivity contribution < 1.29 is 13.9 Å². The van der Waals surface area contributed by atoms with Gasteiger partial charge in [-0.15, -0.1) is 0 Å². The van der Waals surface area contributed by atoms with Gasteiger partial charge in [-0.3, -0.25) is 4.68 Å². The summed E-state index contributed by atoms with van der Waals surface area (Å²) in [5.41, 5.74) is 2.89. The van der Waals surface area contributed by atoms with Crippen molar-refractivity contribution in [1.82, 2.24) is 9.78 Å². The zero-order valence-electron chi connectivity index (χ0n) is 13.0. The second-order valence-corrected chi connectivity index (χ2v) is 5.12. The lowest BCUT2D eigenvalue weighted by atomic mass is 10.1. The van der Waals surface area contributed by atoms with Gasteiger partial charge in [0.05, 0.1) is 12.2 Å². The van der Waals surface area contributed by atoms with E-state index in [0.717, 1.165) is 11.4 Å². The highest BCUT2D eigenvalue weighted by atomic mass is 19.1. The van der Waals surface area contributed by atoms with Crippen LogP contribution >= 0.6 is 0 Å². The molecule has 2 aromatic rings. The van der Waals surface area contributed by atoms with Crippen molar-refractivity contribution >= 4 is 11.5 Å². The number of ether oxygens (including phenoxy) is 1. The van der Waals surface area contributed by atoms with Crippen molar-refractivity contribution in [3.05, 3.63) is 59.2 Å². The van der Waals surface area contributed by atoms with Crippen LogP contribution in [0, 0.1) is 19.7 Å². The Morgan fingerprint density at radius 2 is 2.09 bits per heavy atom. The first-order valence-electron chi connectivity index (χ1n) is 7.08. The molecule has 0 radical (unpaired) electrons. The summed E-state index contributed by atoms with van der Waals surface area (Å²) in [6, 6.07) is 8.29. The van der Waals surface area contributed by atoms with E-state index in [1.165, 1.54) is 12.1 Å². The van der Waals surface area contributed by atoms with E-state index >= 15 is 0 Å². The average Bonchev–Trinajstić information content (AvgIpc) is 2.77. The number of carbonyl (C=O) groups is 1. The van der Waals surface area contributed by atoms with E-state index in [9.17, 15) is 9.18 Å². The summed E-state index contributed by atoms with van der Waals surface area (Å²) in [5, 5.41) is 4.29. The van der Waals surface area contributed by atoms with E-state index in [2.05, 4.69) is 5.10 Å². The highest BCUT2D eigenvalue weighted by Gasteiger charge is 2.07. The number of benzene rings is 1. The van der Waals surface area contributed by atoms with E-state index < -0.39 is 5.97 Å². The third-order valence-corrected chi connectivity index (χ3v) is 3.28. The number of nitrogens with zero attached hydrogens (tertiary/aromatic N) is 2. The lowest BCUT2D eigenvalue weighted by molar-refractivity contribution is -0.138. The van der Waals surface area contributed by atoms with Crippen molar-refractivity contribution in [3.8, 4) is 0 Å². The van der Waals surface area contributed by atoms with E-state index in [4.69, 9.17) is 4.74 Å². The fourth-order valence-electron chi connectivity index (χ4n) is 2.21. The number of aryl methyl sites for hydroxylation is 2. The summed E-state index contributed by atoms with van der Waals surface area (Å²) < 4.78 is 20.5. The summed E-state index contributed by atoms with van der Waals surface area (Å²) >= 11 is 0. The highest BCUT2D eigenvalue weighted by Crippen LogP contribution is 2.17. The molecule has 1 heterocycles. The maximum Gasteiger partial charge on any atom is 0.331 e. The van der Waals surface area contributed by atoms with Gasteiger partial charge in [0, 0.05) is 17.3 Å². The maximum atomic E-state index is 13.6. The van der Waals surface area contributed by atoms with Crippen LogP contribution in [0.2, 0.25) is 0 Å². The molecule has 5 heteroatoms. The predicted molar refractivity (Wildman–Crippen MR) is 82.7 cm³/mol. The van der Waals surface area contributed by atoms with E-state index in [1.54, 1.807) is 29.8 Å². The molecule has 0 aliphatic heterocycles. The predicted octanol–water partition coefficient (Wildman–Crippen LogP) is 3.29. The van der Waals surface area contributed by atoms with E-state index in [0.29, 0.717) is 17.7 Å². The number of aromatic nitrogens is 2. The molecular weight excluding hydrogens is 283 g/mol. The van der Waals surface area contributed by atoms with Crippen LogP contribution in [0.25, 0.3) is 5.57 Å². The minimum Gasteiger partial charge on any atom is -0.461 e. The normalized spacial score (nSPS) is 11.5. The monoisotopic (exact) mass is 302 g/mol. The maximum absolute atomic E-state index is 13.6. The molecule has 22 heavy (non-hydrogen) atoms. The molecular formula is C17H19FN2O2. The van der Waals surface area contributed by atoms with Crippen molar-refractivity contribution in [2.75, 3.05) is 6.61 Å². The van der Waals surface area contributed by atoms with Crippen molar-refractivity contribution in [2.45, 2.75) is 27.3 Å². The van der Waals surface area contributed by atoms with Gasteiger partial charge < -0.3 is 4.74 Å². The van der Waals surface area contributed by atoms with Gasteiger partial charge in [-0.25, -0.2) is 9.18 Å². The minimum absolute atomic E-state index is 0.224. The van der Waals surface area contributed by atoms with Crippen molar-refractivity contribution in [1.29, 1.82) is 0 Å². The number of carbonyl (C=O) groups excluding carboxylic acids is 1. The molecule has 0 aliphatic carbocycles. The summed E-state index contributed by atoms with van der Waals surface area (Å²) in [7, 11) is 0. The Balaban J connectivity index is 1.91. The lowest BCUT2D eigenvalue weighted by Gasteiger charge is -2.06. The number of hydrogen-bond donors (Lipinski definition) is 0. The van der Waals surface area contributed by atoms with E-state index in [1.807, 2.05) is 19.9 Å². The molecule has 0 atom stereocenters. The molecule has 0 bridgehead atoms. The molecule has 0 spiro atoms. The molecule has 0 fully saturated rings. The molecule has 0 saturated carbocycles. The van der Waals surface area contributed by atoms with Crippen molar-refractivity contribution in [3.63, 3.8) is 0 Å². The number of allylic oxidation sites excluding steroid dienone is 1. The second kappa shape index (κ2) is 7.02. The standard InChI is InChI=1S/C17H19FN2O2/c1-12(15-6-4-5-7-16(15)18)10-17(21)22-9-8-20-14(3)11-13(2)19-20/h4-7,10-11H,8-9H2,1-3H3. The van der Waals surface area contributed by atoms with Gasteiger partial charge in [0.2, 0.25) is 0 Å². The van der Waals surface area contributed by atoms with Crippen LogP contribution in [-0.2, 0) is 16.1 Å². The van der Waals surface area contributed by atoms with Crippen LogP contribution in [0.1, 0.15) is 23.9 Å². The van der Waals surface area contributed by atoms with Crippen LogP contribution in [0.5, 0.6) is 0 Å². The summed E-state index contributed by atoms with van der Waals surface area (Å²) in [4.78, 5) is 11.8. The van der Waals surface area contributed by atoms with Crippen LogP contribution in [-0.4, -0.2) is 22.4 Å². The second-order valence-electron chi connectivity index (χ2n) is 5.12. The van der Waals surface area contributed by atoms with Crippen LogP contribution < -0.4 is 0 Å². The Morgan fingerprint density at radius 1 is 1.36 bits per heavy atom. The van der Waals surface area contributed by atoms with Gasteiger partial charge in [-0.1, -0.05) is 18.2 Å². The molecule has 0 N–H and O–H groups in total. The molecule has 1 aromatic carbocycles. The van der Waals surface area contributed by atoms with Crippen LogP contribution in [0.15, 0.2) is 36.4 Å². The SMILES string of the molecule is CC(=CC(=O)OCCn1nc(C)cc1C)c1ccccc1F. The van der Waals surface area contributed by atoms with E-state index in [-0.39, 0.29) is 12.4 Å². The topological polar surface area (TPSA) is 44.1 Å². The van der Waals surface area contributed by atoms with Crippen LogP contribution in [0.3, 0.4) is 0 Å². The Kier molecular flexibility index (Phi) is 5.09. The summed E-state index contributed by atoms with van der Waals surface area (Å²) in [6.07, 6.45) is 1.31. The molecule has 0 unspecified atom stereocenters. The smallest absolute Gasteiger partial charge is 0.331 e. The third kappa shape index (κ3) is 4.04. The number of hydrogen-bond acceptors (Lipinski definition) is 3. The molecule has 0 amide bonds. The largest absolute Gasteiger partial charge is 0.461 e. The molecule has 0 saturated heterocycles. The van der Waals surface area contributed by atoms with Gasteiger partial charge in [-0.05, 0) is 38.5 Å². The Hall–Kier alpha value is -2.43. The first-order chi connectivity index (χ1) is 10.5. The zero-order chi connectivity index (χ0) is 16.1. The molecule has 4 nitrogen and oxygen atoms in total. The Bertz CT molecular complexity index is 704. The first kappa shape index (κ1) is 15.9. The Labute approximate surface area is 129 Å². The quantitative estimate of drug-likeness (QED) is 0.629. The number of esters is 1. The molecule has 116 valence electrons. The summed E-state index contributed by atoms with van der Waals surface area (Å²) in [5.74, 6) is -0.839. The average molecular weight is 302 g/mol. The van der Waals surface area contributed by atoms with Crippen LogP contribution in [0.4, 0.5) is 4.39 Å². The lowest BCUT2D eigenvalue weighted by Crippen LogP contribution is -2.12. The van der Waals surface area contributed by atoms with Gasteiger partial charge in [0.25, 0.3) is 0 Å². The first-order valence-corrected chi connectivity index (χ1v) is 7.08. The third-order valence-electron chi connectivity index (χ3n) is 3.28. The zero-order valence-corrected chi connectivity index (χ0v) is 13.0. The fourth-order valence-corrected chi connectivity index (χ4v) is 2.21. The fraction of sp³-hybridized carbons (Fsp3) is 0.294. The van der Waals surface area contributed by atoms with Crippen molar-refractivity contribution in [2.24, 2.45) is 0 Å². The molecule has 0 aliphatic rings. The van der Waals surface area contributed by atoms with Gasteiger partial charge in [0.1, 0.15) is 12.4 Å². The Morgan fingerprint density at radius 3 is 2.73 bits per heavy atom. The highest BCUT2D eigenvalue weighted by molar-refractivity contribution is 5.90.